The summed E-state index contributed by atoms with van der Waals surface area (Å²) >= 11 is 0. The van der Waals surface area contributed by atoms with Crippen molar-refractivity contribution in [1.29, 1.82) is 0 Å². The van der Waals surface area contributed by atoms with Crippen LogP contribution < -0.4 is 5.32 Å². The molecule has 2 spiro atoms. The number of carbonyl (C=O) groups excluding carboxylic acids is 3. The zero-order valence-corrected chi connectivity index (χ0v) is 25.6. The van der Waals surface area contributed by atoms with Gasteiger partial charge in [-0.15, -0.1) is 0 Å². The van der Waals surface area contributed by atoms with Gasteiger partial charge < -0.3 is 34.3 Å². The van der Waals surface area contributed by atoms with Crippen LogP contribution in [-0.2, 0) is 33.3 Å². The summed E-state index contributed by atoms with van der Waals surface area (Å²) in [6, 6.07) is 0. The maximum atomic E-state index is 13.9. The Bertz CT molecular complexity index is 1360. The molecule has 3 aliphatic carbocycles. The predicted octanol–water partition coefficient (Wildman–Crippen LogP) is 2.31. The lowest BCUT2D eigenvalue weighted by Crippen LogP contribution is -2.71. The third-order valence-corrected chi connectivity index (χ3v) is 13.3. The Morgan fingerprint density at radius 1 is 1.23 bits per heavy atom. The van der Waals surface area contributed by atoms with Gasteiger partial charge >= 0.3 is 11.9 Å². The van der Waals surface area contributed by atoms with Crippen molar-refractivity contribution in [2.24, 2.45) is 45.8 Å². The lowest BCUT2D eigenvalue weighted by molar-refractivity contribution is -0.293. The summed E-state index contributed by atoms with van der Waals surface area (Å²) in [5.41, 5.74) is -0.0241. The normalized spacial score (nSPS) is 50.8. The molecule has 0 aromatic carbocycles. The third kappa shape index (κ3) is 3.41. The second kappa shape index (κ2) is 8.92. The molecule has 2 N–H and O–H groups in total. The summed E-state index contributed by atoms with van der Waals surface area (Å²) in [6.45, 7) is 8.33. The van der Waals surface area contributed by atoms with Crippen LogP contribution in [0.4, 0.5) is 0 Å². The molecule has 6 fully saturated rings. The fraction of sp³-hybridized carbons (Fsp3) is 0.788. The fourth-order valence-corrected chi connectivity index (χ4v) is 11.6. The van der Waals surface area contributed by atoms with Crippen molar-refractivity contribution in [3.63, 3.8) is 0 Å². The van der Waals surface area contributed by atoms with E-state index in [2.05, 4.69) is 30.1 Å². The van der Waals surface area contributed by atoms with Crippen molar-refractivity contribution in [1.82, 2.24) is 10.2 Å². The molecule has 10 nitrogen and oxygen atoms in total. The number of ketones is 1. The SMILES string of the molecule is COC(=O)CNCC1=CC(=O)[C@@H]2[C@@H](C1)[C@]13C=C4N5C[C@H]6C[C@H](C)C[C@]5(CC[C@@]4(C)[C@]4(COC(=O)C4)[C@H]1[C@@](O)(OC3)[C@@H]2C)O6. The number of hydrogen-bond donors (Lipinski definition) is 2. The Balaban J connectivity index is 1.28. The monoisotopic (exact) mass is 596 g/mol. The van der Waals surface area contributed by atoms with E-state index in [0.717, 1.165) is 37.8 Å². The summed E-state index contributed by atoms with van der Waals surface area (Å²) in [5.74, 6) is -3.01. The first-order valence-electron chi connectivity index (χ1n) is 16.1. The summed E-state index contributed by atoms with van der Waals surface area (Å²) in [6.07, 6.45) is 8.83. The first kappa shape index (κ1) is 28.2. The number of allylic oxidation sites excluding steroid dienone is 2. The Morgan fingerprint density at radius 2 is 2.05 bits per heavy atom. The van der Waals surface area contributed by atoms with Gasteiger partial charge in [0.15, 0.2) is 11.6 Å². The number of nitrogens with one attached hydrogen (secondary N) is 1. The molecule has 0 radical (unpaired) electrons. The molecular weight excluding hydrogens is 552 g/mol. The molecule has 234 valence electrons. The molecule has 8 aliphatic rings. The second-order valence-electron chi connectivity index (χ2n) is 15.3. The number of rotatable bonds is 4. The molecule has 0 aromatic heterocycles. The zero-order chi connectivity index (χ0) is 30.2. The van der Waals surface area contributed by atoms with Gasteiger partial charge in [0.2, 0.25) is 0 Å². The maximum Gasteiger partial charge on any atom is 0.319 e. The van der Waals surface area contributed by atoms with Crippen molar-refractivity contribution in [2.45, 2.75) is 76.9 Å². The Hall–Kier alpha value is -2.27. The van der Waals surface area contributed by atoms with E-state index >= 15 is 0 Å². The van der Waals surface area contributed by atoms with Crippen LogP contribution in [0.2, 0.25) is 0 Å². The number of piperidine rings is 1. The Labute approximate surface area is 252 Å². The van der Waals surface area contributed by atoms with Gasteiger partial charge in [0.05, 0.1) is 39.4 Å². The highest BCUT2D eigenvalue weighted by Gasteiger charge is 2.81. The highest BCUT2D eigenvalue weighted by molar-refractivity contribution is 5.94. The average molecular weight is 597 g/mol. The molecule has 11 atom stereocenters. The van der Waals surface area contributed by atoms with E-state index in [-0.39, 0.29) is 61.6 Å². The van der Waals surface area contributed by atoms with Crippen molar-refractivity contribution in [3.05, 3.63) is 23.4 Å². The molecule has 5 aliphatic heterocycles. The standard InChI is InChI=1S/C33H44N2O8/c1-18-7-21-15-35-24-11-30-16-42-33(39,19(2)27-22(30)8-20(9-23(27)36)13-34-14-26(38)40-4)28(30)31(12-25(37)41-17-31)29(24,3)5-6-32(35,10-18)43-21/h9,11,18-19,21-22,27-28,34,39H,5-8,10,12-17H2,1-4H3/t18-,19+,21+,22+,27-,28-,29+,30+,31+,32-,33-/m0/s1. The molecule has 5 heterocycles. The Morgan fingerprint density at radius 3 is 2.79 bits per heavy atom. The van der Waals surface area contributed by atoms with Crippen LogP contribution in [0.1, 0.15) is 59.3 Å². The van der Waals surface area contributed by atoms with Gasteiger partial charge in [-0.1, -0.05) is 32.4 Å². The summed E-state index contributed by atoms with van der Waals surface area (Å²) in [4.78, 5) is 41.3. The molecule has 5 saturated heterocycles. The first-order chi connectivity index (χ1) is 20.4. The molecule has 8 rings (SSSR count). The number of aliphatic hydroxyl groups is 1. The number of esters is 2. The smallest absolute Gasteiger partial charge is 0.319 e. The third-order valence-electron chi connectivity index (χ3n) is 13.3. The first-order valence-corrected chi connectivity index (χ1v) is 16.1. The zero-order valence-electron chi connectivity index (χ0n) is 25.6. The Kier molecular flexibility index (Phi) is 5.86. The molecule has 10 heteroatoms. The second-order valence-corrected chi connectivity index (χ2v) is 15.3. The lowest BCUT2D eigenvalue weighted by Gasteiger charge is -2.68. The van der Waals surface area contributed by atoms with Crippen molar-refractivity contribution in [3.8, 4) is 0 Å². The van der Waals surface area contributed by atoms with Gasteiger partial charge in [-0.25, -0.2) is 0 Å². The van der Waals surface area contributed by atoms with Crippen LogP contribution in [0.5, 0.6) is 0 Å². The number of methoxy groups -OCH3 is 1. The van der Waals surface area contributed by atoms with Crippen LogP contribution >= 0.6 is 0 Å². The number of hydrogen-bond acceptors (Lipinski definition) is 10. The van der Waals surface area contributed by atoms with E-state index in [0.29, 0.717) is 18.9 Å². The average Bonchev–Trinajstić information content (AvgIpc) is 3.57. The highest BCUT2D eigenvalue weighted by atomic mass is 16.6. The molecule has 1 saturated carbocycles. The van der Waals surface area contributed by atoms with E-state index in [1.54, 1.807) is 6.08 Å². The van der Waals surface area contributed by atoms with Gasteiger partial charge in [-0.3, -0.25) is 14.4 Å². The summed E-state index contributed by atoms with van der Waals surface area (Å²) < 4.78 is 24.0. The fourth-order valence-electron chi connectivity index (χ4n) is 11.6. The van der Waals surface area contributed by atoms with E-state index in [1.807, 2.05) is 6.92 Å². The minimum Gasteiger partial charge on any atom is -0.468 e. The summed E-state index contributed by atoms with van der Waals surface area (Å²) in [5, 5.41) is 15.8. The van der Waals surface area contributed by atoms with Gasteiger partial charge in [0, 0.05) is 52.8 Å². The maximum absolute atomic E-state index is 13.9. The molecule has 0 amide bonds. The van der Waals surface area contributed by atoms with Crippen LogP contribution in [0.15, 0.2) is 23.4 Å². The topological polar surface area (TPSA) is 124 Å². The van der Waals surface area contributed by atoms with Crippen molar-refractivity contribution < 1.29 is 38.4 Å². The van der Waals surface area contributed by atoms with Gasteiger partial charge in [0.1, 0.15) is 5.72 Å². The molecular formula is C33H44N2O8. The van der Waals surface area contributed by atoms with Crippen molar-refractivity contribution in [2.75, 3.05) is 40.0 Å². The van der Waals surface area contributed by atoms with Crippen LogP contribution in [0.25, 0.3) is 0 Å². The number of ether oxygens (including phenoxy) is 4. The number of nitrogens with zero attached hydrogens (tertiary/aromatic N) is 1. The minimum atomic E-state index is -1.56. The van der Waals surface area contributed by atoms with Gasteiger partial charge in [-0.2, -0.15) is 0 Å². The predicted molar refractivity (Wildman–Crippen MR) is 152 cm³/mol. The quantitative estimate of drug-likeness (QED) is 0.468. The van der Waals surface area contributed by atoms with Crippen molar-refractivity contribution >= 4 is 17.7 Å². The number of fused-ring (bicyclic) bond motifs is 5. The molecule has 43 heavy (non-hydrogen) atoms. The molecule has 0 aromatic rings. The van der Waals surface area contributed by atoms with E-state index in [4.69, 9.17) is 18.9 Å². The van der Waals surface area contributed by atoms with E-state index in [9.17, 15) is 19.5 Å². The highest BCUT2D eigenvalue weighted by Crippen LogP contribution is 2.78. The van der Waals surface area contributed by atoms with E-state index < -0.39 is 39.8 Å². The molecule has 0 unspecified atom stereocenters. The van der Waals surface area contributed by atoms with Gasteiger partial charge in [0.25, 0.3) is 0 Å². The molecule has 4 bridgehead atoms. The van der Waals surface area contributed by atoms with Gasteiger partial charge in [-0.05, 0) is 50.0 Å². The largest absolute Gasteiger partial charge is 0.468 e. The van der Waals surface area contributed by atoms with Crippen LogP contribution in [-0.4, -0.2) is 85.3 Å². The summed E-state index contributed by atoms with van der Waals surface area (Å²) in [7, 11) is 1.36. The van der Waals surface area contributed by atoms with Crippen LogP contribution in [0.3, 0.4) is 0 Å². The van der Waals surface area contributed by atoms with E-state index in [1.165, 1.54) is 12.8 Å². The lowest BCUT2D eigenvalue weighted by atomic mass is 9.37. The number of carbonyl (C=O) groups is 3. The minimum absolute atomic E-state index is 0.00537. The number of cyclic esters (lactones) is 1. The van der Waals surface area contributed by atoms with Crippen LogP contribution in [0, 0.1) is 45.8 Å².